The molecule has 0 aliphatic rings. The first-order valence-corrected chi connectivity index (χ1v) is 11.3. The standard InChI is InChI=1S/C30H25NO2/c1-18-16-33-29-28(18)23(24-17-32-27-12-8-7-11-22(24)27)15-26(31-29)20-13-19-9-5-6-10-21(19)25(14-20)30(2,3)4/h5-17H,1-4H3. The van der Waals surface area contributed by atoms with E-state index in [1.807, 2.05) is 24.5 Å². The third kappa shape index (κ3) is 3.15. The molecular formula is C30H25NO2. The molecule has 0 atom stereocenters. The summed E-state index contributed by atoms with van der Waals surface area (Å²) in [5.41, 5.74) is 8.03. The smallest absolute Gasteiger partial charge is 0.227 e. The SMILES string of the molecule is Cc1coc2nc(-c3cc(C(C)(C)C)c4ccccc4c3)cc(-c3coc4ccccc34)c12. The van der Waals surface area contributed by atoms with E-state index in [1.165, 1.54) is 16.3 Å². The summed E-state index contributed by atoms with van der Waals surface area (Å²) in [6.07, 6.45) is 3.63. The molecule has 3 nitrogen and oxygen atoms in total. The number of aromatic nitrogens is 1. The lowest BCUT2D eigenvalue weighted by Crippen LogP contribution is -2.12. The Bertz CT molecular complexity index is 1660. The molecule has 0 aliphatic carbocycles. The quantitative estimate of drug-likeness (QED) is 0.275. The Morgan fingerprint density at radius 3 is 2.33 bits per heavy atom. The van der Waals surface area contributed by atoms with Crippen LogP contribution in [0.2, 0.25) is 0 Å². The molecule has 0 saturated carbocycles. The molecule has 0 unspecified atom stereocenters. The maximum Gasteiger partial charge on any atom is 0.227 e. The van der Waals surface area contributed by atoms with Crippen LogP contribution in [0.5, 0.6) is 0 Å². The van der Waals surface area contributed by atoms with Gasteiger partial charge in [-0.25, -0.2) is 4.98 Å². The summed E-state index contributed by atoms with van der Waals surface area (Å²) < 4.78 is 11.8. The van der Waals surface area contributed by atoms with E-state index in [2.05, 4.69) is 76.2 Å². The van der Waals surface area contributed by atoms with Crippen LogP contribution in [0.4, 0.5) is 0 Å². The van der Waals surface area contributed by atoms with Crippen molar-refractivity contribution in [3.05, 3.63) is 90.4 Å². The number of rotatable bonds is 2. The molecular weight excluding hydrogens is 406 g/mol. The third-order valence-corrected chi connectivity index (χ3v) is 6.46. The van der Waals surface area contributed by atoms with Crippen LogP contribution in [0.3, 0.4) is 0 Å². The molecule has 3 heterocycles. The summed E-state index contributed by atoms with van der Waals surface area (Å²) in [4.78, 5) is 4.95. The van der Waals surface area contributed by atoms with E-state index >= 15 is 0 Å². The van der Waals surface area contributed by atoms with Crippen molar-refractivity contribution in [1.82, 2.24) is 4.98 Å². The first-order chi connectivity index (χ1) is 15.9. The van der Waals surface area contributed by atoms with Gasteiger partial charge in [0.05, 0.1) is 23.6 Å². The molecule has 0 amide bonds. The Morgan fingerprint density at radius 2 is 1.52 bits per heavy atom. The van der Waals surface area contributed by atoms with Gasteiger partial charge in [-0.1, -0.05) is 63.2 Å². The molecule has 0 aliphatic heterocycles. The molecule has 3 heteroatoms. The van der Waals surface area contributed by atoms with E-state index in [-0.39, 0.29) is 5.41 Å². The van der Waals surface area contributed by atoms with E-state index in [0.717, 1.165) is 44.3 Å². The molecule has 0 saturated heterocycles. The second-order valence-corrected chi connectivity index (χ2v) is 9.79. The molecule has 3 aromatic heterocycles. The van der Waals surface area contributed by atoms with Crippen LogP contribution >= 0.6 is 0 Å². The summed E-state index contributed by atoms with van der Waals surface area (Å²) in [5, 5.41) is 4.62. The summed E-state index contributed by atoms with van der Waals surface area (Å²) in [5.74, 6) is 0. The second kappa shape index (κ2) is 7.08. The highest BCUT2D eigenvalue weighted by Crippen LogP contribution is 2.40. The average Bonchev–Trinajstić information content (AvgIpc) is 3.41. The lowest BCUT2D eigenvalue weighted by Gasteiger charge is -2.22. The zero-order valence-corrected chi connectivity index (χ0v) is 19.3. The fraction of sp³-hybridized carbons (Fsp3) is 0.167. The molecule has 6 aromatic rings. The second-order valence-electron chi connectivity index (χ2n) is 9.79. The number of aryl methyl sites for hydroxylation is 1. The number of furan rings is 2. The van der Waals surface area contributed by atoms with Crippen molar-refractivity contribution in [3.63, 3.8) is 0 Å². The van der Waals surface area contributed by atoms with Gasteiger partial charge in [-0.2, -0.15) is 0 Å². The van der Waals surface area contributed by atoms with Gasteiger partial charge in [0, 0.05) is 22.1 Å². The summed E-state index contributed by atoms with van der Waals surface area (Å²) in [6, 6.07) is 23.4. The largest absolute Gasteiger partial charge is 0.464 e. The highest BCUT2D eigenvalue weighted by molar-refractivity contribution is 6.05. The maximum atomic E-state index is 5.90. The lowest BCUT2D eigenvalue weighted by molar-refractivity contribution is 0.596. The van der Waals surface area contributed by atoms with Gasteiger partial charge in [0.25, 0.3) is 0 Å². The fourth-order valence-corrected chi connectivity index (χ4v) is 4.82. The van der Waals surface area contributed by atoms with Crippen LogP contribution in [-0.2, 0) is 5.41 Å². The first-order valence-electron chi connectivity index (χ1n) is 11.3. The Balaban J connectivity index is 1.66. The maximum absolute atomic E-state index is 5.90. The van der Waals surface area contributed by atoms with Crippen molar-refractivity contribution in [1.29, 1.82) is 0 Å². The number of nitrogens with zero attached hydrogens (tertiary/aromatic N) is 1. The number of pyridine rings is 1. The number of benzene rings is 3. The van der Waals surface area contributed by atoms with Crippen LogP contribution in [-0.4, -0.2) is 4.98 Å². The van der Waals surface area contributed by atoms with Gasteiger partial charge in [0.2, 0.25) is 5.71 Å². The van der Waals surface area contributed by atoms with Gasteiger partial charge in [0.1, 0.15) is 5.58 Å². The van der Waals surface area contributed by atoms with Crippen LogP contribution in [0.15, 0.2) is 88.1 Å². The molecule has 0 spiro atoms. The van der Waals surface area contributed by atoms with E-state index < -0.39 is 0 Å². The lowest BCUT2D eigenvalue weighted by atomic mass is 9.82. The minimum atomic E-state index is 0.00454. The van der Waals surface area contributed by atoms with E-state index in [0.29, 0.717) is 5.71 Å². The molecule has 0 radical (unpaired) electrons. The summed E-state index contributed by atoms with van der Waals surface area (Å²) in [6.45, 7) is 8.84. The molecule has 0 fully saturated rings. The van der Waals surface area contributed by atoms with Crippen molar-refractivity contribution in [2.24, 2.45) is 0 Å². The molecule has 162 valence electrons. The van der Waals surface area contributed by atoms with Crippen molar-refractivity contribution in [2.45, 2.75) is 33.1 Å². The van der Waals surface area contributed by atoms with E-state index in [4.69, 9.17) is 13.8 Å². The third-order valence-electron chi connectivity index (χ3n) is 6.46. The molecule has 0 bridgehead atoms. The molecule has 3 aromatic carbocycles. The predicted octanol–water partition coefficient (Wildman–Crippen LogP) is 8.67. The van der Waals surface area contributed by atoms with E-state index in [9.17, 15) is 0 Å². The van der Waals surface area contributed by atoms with Crippen LogP contribution < -0.4 is 0 Å². The summed E-state index contributed by atoms with van der Waals surface area (Å²) in [7, 11) is 0. The predicted molar refractivity (Wildman–Crippen MR) is 136 cm³/mol. The number of fused-ring (bicyclic) bond motifs is 3. The van der Waals surface area contributed by atoms with Crippen molar-refractivity contribution in [2.75, 3.05) is 0 Å². The zero-order valence-electron chi connectivity index (χ0n) is 19.3. The summed E-state index contributed by atoms with van der Waals surface area (Å²) >= 11 is 0. The number of para-hydroxylation sites is 1. The van der Waals surface area contributed by atoms with Gasteiger partial charge in [-0.3, -0.25) is 0 Å². The molecule has 0 N–H and O–H groups in total. The van der Waals surface area contributed by atoms with Gasteiger partial charge in [-0.15, -0.1) is 0 Å². The Morgan fingerprint density at radius 1 is 0.758 bits per heavy atom. The normalized spacial score (nSPS) is 12.2. The minimum absolute atomic E-state index is 0.00454. The van der Waals surface area contributed by atoms with Crippen molar-refractivity contribution < 1.29 is 8.83 Å². The van der Waals surface area contributed by atoms with Gasteiger partial charge in [-0.05, 0) is 58.5 Å². The highest BCUT2D eigenvalue weighted by Gasteiger charge is 2.21. The van der Waals surface area contributed by atoms with Gasteiger partial charge < -0.3 is 8.83 Å². The first kappa shape index (κ1) is 19.8. The van der Waals surface area contributed by atoms with E-state index in [1.54, 1.807) is 6.26 Å². The zero-order chi connectivity index (χ0) is 22.7. The Kier molecular flexibility index (Phi) is 4.25. The molecule has 6 rings (SSSR count). The van der Waals surface area contributed by atoms with Gasteiger partial charge >= 0.3 is 0 Å². The fourth-order valence-electron chi connectivity index (χ4n) is 4.82. The monoisotopic (exact) mass is 431 g/mol. The van der Waals surface area contributed by atoms with Crippen molar-refractivity contribution >= 4 is 32.8 Å². The van der Waals surface area contributed by atoms with Crippen LogP contribution in [0.1, 0.15) is 31.9 Å². The van der Waals surface area contributed by atoms with Crippen LogP contribution in [0.25, 0.3) is 55.2 Å². The Labute approximate surface area is 192 Å². The Hall–Kier alpha value is -3.85. The van der Waals surface area contributed by atoms with Gasteiger partial charge in [0.15, 0.2) is 0 Å². The van der Waals surface area contributed by atoms with Crippen LogP contribution in [0, 0.1) is 6.92 Å². The molecule has 33 heavy (non-hydrogen) atoms. The number of hydrogen-bond acceptors (Lipinski definition) is 3. The topological polar surface area (TPSA) is 39.2 Å². The minimum Gasteiger partial charge on any atom is -0.464 e. The number of hydrogen-bond donors (Lipinski definition) is 0. The average molecular weight is 432 g/mol. The van der Waals surface area contributed by atoms with Crippen molar-refractivity contribution in [3.8, 4) is 22.4 Å². The highest BCUT2D eigenvalue weighted by atomic mass is 16.3.